The third kappa shape index (κ3) is 7.24. The Morgan fingerprint density at radius 2 is 1.97 bits per heavy atom. The third-order valence-electron chi connectivity index (χ3n) is 5.30. The number of fused-ring (bicyclic) bond motifs is 1. The quantitative estimate of drug-likeness (QED) is 0.398. The normalized spacial score (nSPS) is 13.3. The van der Waals surface area contributed by atoms with Crippen molar-refractivity contribution in [1.82, 2.24) is 5.32 Å². The molecule has 3 rings (SSSR count). The minimum absolute atomic E-state index is 0.0254. The number of aryl methyl sites for hydroxylation is 1. The topological polar surface area (TPSA) is 103 Å². The molecule has 0 saturated carbocycles. The lowest BCUT2D eigenvalue weighted by atomic mass is 10.0. The number of ether oxygens (including phenoxy) is 3. The molecule has 1 unspecified atom stereocenters. The molecular formula is C25H30N2O6. The molecule has 0 radical (unpaired) electrons. The number of hydrogen-bond donors (Lipinski definition) is 2. The molecule has 0 saturated heterocycles. The zero-order chi connectivity index (χ0) is 23.6. The van der Waals surface area contributed by atoms with E-state index < -0.39 is 6.04 Å². The van der Waals surface area contributed by atoms with Gasteiger partial charge in [0.15, 0.2) is 0 Å². The van der Waals surface area contributed by atoms with E-state index in [1.54, 1.807) is 26.2 Å². The van der Waals surface area contributed by atoms with Crippen molar-refractivity contribution in [3.8, 4) is 11.5 Å². The molecule has 2 N–H and O–H groups in total. The van der Waals surface area contributed by atoms with Crippen LogP contribution in [0.4, 0.5) is 5.69 Å². The lowest BCUT2D eigenvalue weighted by Crippen LogP contribution is -2.30. The molecule has 0 fully saturated rings. The molecule has 1 atom stereocenters. The number of carbonyl (C=O) groups excluding carboxylic acids is 3. The summed E-state index contributed by atoms with van der Waals surface area (Å²) in [5.41, 5.74) is 2.64. The first-order chi connectivity index (χ1) is 16.0. The number of rotatable bonds is 11. The van der Waals surface area contributed by atoms with Gasteiger partial charge in [0.05, 0.1) is 32.8 Å². The van der Waals surface area contributed by atoms with Gasteiger partial charge in [-0.2, -0.15) is 0 Å². The molecule has 2 aromatic rings. The van der Waals surface area contributed by atoms with Crippen LogP contribution < -0.4 is 20.1 Å². The second-order valence-corrected chi connectivity index (χ2v) is 7.73. The predicted octanol–water partition coefficient (Wildman–Crippen LogP) is 3.55. The summed E-state index contributed by atoms with van der Waals surface area (Å²) in [5, 5.41) is 5.77. The van der Waals surface area contributed by atoms with Crippen LogP contribution in [-0.2, 0) is 25.5 Å². The number of esters is 1. The Morgan fingerprint density at radius 3 is 2.76 bits per heavy atom. The van der Waals surface area contributed by atoms with Crippen LogP contribution in [-0.4, -0.2) is 38.1 Å². The maximum absolute atomic E-state index is 12.6. The highest BCUT2D eigenvalue weighted by Crippen LogP contribution is 2.27. The summed E-state index contributed by atoms with van der Waals surface area (Å²) >= 11 is 0. The molecule has 0 bridgehead atoms. The Morgan fingerprint density at radius 1 is 1.12 bits per heavy atom. The Bertz CT molecular complexity index is 991. The SMILES string of the molecule is CCOC(=O)CC(NC(=O)CCCOc1ccc2c(c1)CCC(=O)N2)c1cccc(OC)c1. The largest absolute Gasteiger partial charge is 0.497 e. The Balaban J connectivity index is 1.51. The number of anilines is 1. The van der Waals surface area contributed by atoms with Crippen molar-refractivity contribution >= 4 is 23.5 Å². The molecule has 0 aliphatic carbocycles. The van der Waals surface area contributed by atoms with Gasteiger partial charge in [-0.25, -0.2) is 0 Å². The highest BCUT2D eigenvalue weighted by molar-refractivity contribution is 5.94. The number of benzene rings is 2. The summed E-state index contributed by atoms with van der Waals surface area (Å²) < 4.78 is 16.1. The van der Waals surface area contributed by atoms with E-state index in [0.29, 0.717) is 37.4 Å². The van der Waals surface area contributed by atoms with Crippen LogP contribution in [0, 0.1) is 0 Å². The summed E-state index contributed by atoms with van der Waals surface area (Å²) in [6, 6.07) is 12.3. The van der Waals surface area contributed by atoms with E-state index in [-0.39, 0.29) is 37.2 Å². The molecule has 8 heteroatoms. The monoisotopic (exact) mass is 454 g/mol. The zero-order valence-corrected chi connectivity index (χ0v) is 19.0. The smallest absolute Gasteiger partial charge is 0.308 e. The fraction of sp³-hybridized carbons (Fsp3) is 0.400. The van der Waals surface area contributed by atoms with Crippen LogP contribution in [0.3, 0.4) is 0 Å². The summed E-state index contributed by atoms with van der Waals surface area (Å²) in [4.78, 5) is 36.1. The highest BCUT2D eigenvalue weighted by Gasteiger charge is 2.20. The standard InChI is InChI=1S/C25H30N2O6/c1-3-32-25(30)16-22(17-6-4-7-19(14-17)31-2)27-23(28)8-5-13-33-20-10-11-21-18(15-20)9-12-24(29)26-21/h4,6-7,10-11,14-15,22H,3,5,8-9,12-13,16H2,1-2H3,(H,26,29)(H,27,28). The van der Waals surface area contributed by atoms with Gasteiger partial charge in [0.25, 0.3) is 0 Å². The summed E-state index contributed by atoms with van der Waals surface area (Å²) in [6.07, 6.45) is 1.97. The second kappa shape index (κ2) is 11.9. The molecule has 2 aromatic carbocycles. The van der Waals surface area contributed by atoms with E-state index in [1.807, 2.05) is 30.3 Å². The van der Waals surface area contributed by atoms with E-state index >= 15 is 0 Å². The predicted molar refractivity (Wildman–Crippen MR) is 123 cm³/mol. The van der Waals surface area contributed by atoms with Crippen molar-refractivity contribution in [3.63, 3.8) is 0 Å². The van der Waals surface area contributed by atoms with Crippen LogP contribution in [0.5, 0.6) is 11.5 Å². The van der Waals surface area contributed by atoms with Crippen LogP contribution in [0.2, 0.25) is 0 Å². The summed E-state index contributed by atoms with van der Waals surface area (Å²) in [6.45, 7) is 2.40. The van der Waals surface area contributed by atoms with Gasteiger partial charge in [-0.15, -0.1) is 0 Å². The maximum atomic E-state index is 12.6. The number of methoxy groups -OCH3 is 1. The Hall–Kier alpha value is -3.55. The first-order valence-electron chi connectivity index (χ1n) is 11.1. The average Bonchev–Trinajstić information content (AvgIpc) is 2.81. The van der Waals surface area contributed by atoms with Crippen molar-refractivity contribution in [2.24, 2.45) is 0 Å². The van der Waals surface area contributed by atoms with Crippen LogP contribution in [0.25, 0.3) is 0 Å². The van der Waals surface area contributed by atoms with Gasteiger partial charge in [0.2, 0.25) is 11.8 Å². The van der Waals surface area contributed by atoms with Crippen molar-refractivity contribution in [1.29, 1.82) is 0 Å². The summed E-state index contributed by atoms with van der Waals surface area (Å²) in [7, 11) is 1.57. The first kappa shape index (κ1) is 24.1. The van der Waals surface area contributed by atoms with Crippen LogP contribution >= 0.6 is 0 Å². The fourth-order valence-corrected chi connectivity index (χ4v) is 3.64. The van der Waals surface area contributed by atoms with Crippen molar-refractivity contribution in [2.75, 3.05) is 25.6 Å². The van der Waals surface area contributed by atoms with Gasteiger partial charge in [-0.3, -0.25) is 14.4 Å². The maximum Gasteiger partial charge on any atom is 0.308 e. The van der Waals surface area contributed by atoms with E-state index in [4.69, 9.17) is 14.2 Å². The molecule has 176 valence electrons. The average molecular weight is 455 g/mol. The molecule has 1 aliphatic rings. The van der Waals surface area contributed by atoms with Crippen molar-refractivity contribution < 1.29 is 28.6 Å². The highest BCUT2D eigenvalue weighted by atomic mass is 16.5. The van der Waals surface area contributed by atoms with Crippen molar-refractivity contribution in [3.05, 3.63) is 53.6 Å². The van der Waals surface area contributed by atoms with E-state index in [2.05, 4.69) is 10.6 Å². The lowest BCUT2D eigenvalue weighted by Gasteiger charge is -2.19. The number of amides is 2. The zero-order valence-electron chi connectivity index (χ0n) is 19.0. The molecule has 1 heterocycles. The molecule has 0 aromatic heterocycles. The molecule has 33 heavy (non-hydrogen) atoms. The van der Waals surface area contributed by atoms with Gasteiger partial charge in [0.1, 0.15) is 11.5 Å². The lowest BCUT2D eigenvalue weighted by molar-refractivity contribution is -0.143. The van der Waals surface area contributed by atoms with E-state index in [0.717, 1.165) is 16.8 Å². The van der Waals surface area contributed by atoms with Gasteiger partial charge < -0.3 is 24.8 Å². The first-order valence-corrected chi connectivity index (χ1v) is 11.1. The van der Waals surface area contributed by atoms with Crippen LogP contribution in [0.15, 0.2) is 42.5 Å². The second-order valence-electron chi connectivity index (χ2n) is 7.73. The van der Waals surface area contributed by atoms with Crippen molar-refractivity contribution in [2.45, 2.75) is 45.1 Å². The van der Waals surface area contributed by atoms with Gasteiger partial charge in [0, 0.05) is 18.5 Å². The fourth-order valence-electron chi connectivity index (χ4n) is 3.64. The molecular weight excluding hydrogens is 424 g/mol. The number of carbonyl (C=O) groups is 3. The minimum Gasteiger partial charge on any atom is -0.497 e. The molecule has 1 aliphatic heterocycles. The van der Waals surface area contributed by atoms with E-state index in [9.17, 15) is 14.4 Å². The van der Waals surface area contributed by atoms with E-state index in [1.165, 1.54) is 0 Å². The number of nitrogens with one attached hydrogen (secondary N) is 2. The van der Waals surface area contributed by atoms with Crippen LogP contribution in [0.1, 0.15) is 49.8 Å². The summed E-state index contributed by atoms with van der Waals surface area (Å²) in [5.74, 6) is 0.828. The molecule has 0 spiro atoms. The Labute approximate surface area is 193 Å². The van der Waals surface area contributed by atoms with Gasteiger partial charge >= 0.3 is 5.97 Å². The minimum atomic E-state index is -0.511. The molecule has 2 amide bonds. The van der Waals surface area contributed by atoms with Gasteiger partial charge in [-0.05, 0) is 61.2 Å². The third-order valence-corrected chi connectivity index (χ3v) is 5.30. The Kier molecular flexibility index (Phi) is 8.69. The molecule has 8 nitrogen and oxygen atoms in total. The number of hydrogen-bond acceptors (Lipinski definition) is 6. The van der Waals surface area contributed by atoms with Gasteiger partial charge in [-0.1, -0.05) is 12.1 Å².